The van der Waals surface area contributed by atoms with Gasteiger partial charge >= 0.3 is 0 Å². The van der Waals surface area contributed by atoms with Crippen LogP contribution in [0.25, 0.3) is 11.0 Å². The first-order valence-corrected chi connectivity index (χ1v) is 8.37. The molecule has 2 heterocycles. The van der Waals surface area contributed by atoms with E-state index in [0.29, 0.717) is 13.1 Å². The minimum atomic E-state index is -0.962. The molecule has 0 saturated heterocycles. The highest BCUT2D eigenvalue weighted by Gasteiger charge is 2.24. The number of nitrogens with one attached hydrogen (secondary N) is 1. The third-order valence-electron chi connectivity index (χ3n) is 4.26. The summed E-state index contributed by atoms with van der Waals surface area (Å²) in [5.41, 5.74) is 2.02. The first kappa shape index (κ1) is 16.7. The van der Waals surface area contributed by atoms with Crippen molar-refractivity contribution in [1.29, 1.82) is 0 Å². The number of benzene rings is 1. The van der Waals surface area contributed by atoms with Crippen molar-refractivity contribution in [3.8, 4) is 0 Å². The number of hydrogen-bond acceptors (Lipinski definition) is 4. The Morgan fingerprint density at radius 2 is 2.08 bits per heavy atom. The number of nitrogens with zero attached hydrogens (tertiary/aromatic N) is 4. The van der Waals surface area contributed by atoms with Gasteiger partial charge in [-0.3, -0.25) is 4.68 Å². The first-order chi connectivity index (χ1) is 11.5. The lowest BCUT2D eigenvalue weighted by molar-refractivity contribution is 0.0563. The van der Waals surface area contributed by atoms with E-state index in [2.05, 4.69) is 28.0 Å². The lowest BCUT2D eigenvalue weighted by Gasteiger charge is -2.22. The Bertz CT molecular complexity index is 818. The molecule has 1 atom stereocenters. The van der Waals surface area contributed by atoms with Gasteiger partial charge in [-0.1, -0.05) is 19.1 Å². The van der Waals surface area contributed by atoms with Gasteiger partial charge in [0.05, 0.1) is 23.8 Å². The third kappa shape index (κ3) is 3.34. The molecule has 6 nitrogen and oxygen atoms in total. The molecular weight excluding hydrogens is 302 g/mol. The fraction of sp³-hybridized carbons (Fsp3) is 0.444. The smallest absolute Gasteiger partial charge is 0.123 e. The molecule has 0 bridgehead atoms. The minimum absolute atomic E-state index is 0.439. The van der Waals surface area contributed by atoms with Gasteiger partial charge in [0.1, 0.15) is 11.4 Å². The molecule has 0 amide bonds. The molecular formula is C18H25N5O. The molecule has 3 aromatic rings. The van der Waals surface area contributed by atoms with Crippen molar-refractivity contribution in [2.24, 2.45) is 7.05 Å². The zero-order valence-electron chi connectivity index (χ0n) is 14.5. The second-order valence-corrected chi connectivity index (χ2v) is 6.45. The van der Waals surface area contributed by atoms with E-state index in [0.717, 1.165) is 35.4 Å². The van der Waals surface area contributed by atoms with Gasteiger partial charge in [-0.2, -0.15) is 5.10 Å². The van der Waals surface area contributed by atoms with Gasteiger partial charge in [0.15, 0.2) is 0 Å². The van der Waals surface area contributed by atoms with Crippen LogP contribution in [-0.2, 0) is 25.7 Å². The number of imidazole rings is 1. The van der Waals surface area contributed by atoms with Crippen molar-refractivity contribution in [1.82, 2.24) is 24.6 Å². The van der Waals surface area contributed by atoms with E-state index in [4.69, 9.17) is 4.98 Å². The first-order valence-electron chi connectivity index (χ1n) is 8.37. The van der Waals surface area contributed by atoms with Crippen molar-refractivity contribution in [3.63, 3.8) is 0 Å². The normalized spacial score (nSPS) is 14.2. The summed E-state index contributed by atoms with van der Waals surface area (Å²) in [6.07, 6.45) is 4.60. The van der Waals surface area contributed by atoms with Crippen molar-refractivity contribution in [2.45, 2.75) is 39.0 Å². The number of aliphatic hydroxyl groups is 1. The van der Waals surface area contributed by atoms with Crippen LogP contribution in [0.15, 0.2) is 36.7 Å². The number of para-hydroxylation sites is 2. The summed E-state index contributed by atoms with van der Waals surface area (Å²) >= 11 is 0. The molecule has 24 heavy (non-hydrogen) atoms. The molecule has 0 aliphatic rings. The van der Waals surface area contributed by atoms with Gasteiger partial charge < -0.3 is 15.0 Å². The van der Waals surface area contributed by atoms with Gasteiger partial charge in [-0.05, 0) is 25.5 Å². The molecule has 2 N–H and O–H groups in total. The zero-order valence-corrected chi connectivity index (χ0v) is 14.5. The molecule has 0 spiro atoms. The zero-order chi connectivity index (χ0) is 17.2. The van der Waals surface area contributed by atoms with Crippen LogP contribution >= 0.6 is 0 Å². The average Bonchev–Trinajstić information content (AvgIpc) is 3.13. The van der Waals surface area contributed by atoms with E-state index in [1.54, 1.807) is 17.8 Å². The Hall–Kier alpha value is -2.18. The summed E-state index contributed by atoms with van der Waals surface area (Å²) in [4.78, 5) is 4.73. The van der Waals surface area contributed by atoms with E-state index in [1.807, 2.05) is 31.4 Å². The maximum absolute atomic E-state index is 10.6. The predicted octanol–water partition coefficient (Wildman–Crippen LogP) is 2.18. The highest BCUT2D eigenvalue weighted by molar-refractivity contribution is 5.75. The Kier molecular flexibility index (Phi) is 4.69. The summed E-state index contributed by atoms with van der Waals surface area (Å²) in [6.45, 7) is 5.96. The van der Waals surface area contributed by atoms with Crippen molar-refractivity contribution >= 4 is 11.0 Å². The van der Waals surface area contributed by atoms with Crippen LogP contribution in [-0.4, -0.2) is 31.0 Å². The van der Waals surface area contributed by atoms with Crippen LogP contribution in [0.2, 0.25) is 0 Å². The molecule has 3 rings (SSSR count). The molecule has 0 aliphatic heterocycles. The van der Waals surface area contributed by atoms with Gasteiger partial charge in [-0.15, -0.1) is 0 Å². The summed E-state index contributed by atoms with van der Waals surface area (Å²) in [6, 6.07) is 8.20. The molecule has 6 heteroatoms. The summed E-state index contributed by atoms with van der Waals surface area (Å²) in [5, 5.41) is 18.1. The minimum Gasteiger partial charge on any atom is -0.384 e. The molecule has 1 unspecified atom stereocenters. The van der Waals surface area contributed by atoms with Gasteiger partial charge in [-0.25, -0.2) is 4.98 Å². The van der Waals surface area contributed by atoms with Crippen LogP contribution in [0.1, 0.15) is 31.7 Å². The molecule has 0 aliphatic carbocycles. The number of aromatic nitrogens is 4. The Balaban J connectivity index is 1.72. The highest BCUT2D eigenvalue weighted by atomic mass is 16.3. The van der Waals surface area contributed by atoms with E-state index >= 15 is 0 Å². The van der Waals surface area contributed by atoms with E-state index in [1.165, 1.54) is 0 Å². The Labute approximate surface area is 142 Å². The van der Waals surface area contributed by atoms with E-state index in [9.17, 15) is 5.11 Å². The summed E-state index contributed by atoms with van der Waals surface area (Å²) < 4.78 is 3.95. The average molecular weight is 327 g/mol. The van der Waals surface area contributed by atoms with Crippen LogP contribution in [0, 0.1) is 0 Å². The van der Waals surface area contributed by atoms with Crippen LogP contribution in [0.3, 0.4) is 0 Å². The Morgan fingerprint density at radius 3 is 2.79 bits per heavy atom. The number of hydrogen-bond donors (Lipinski definition) is 2. The number of fused-ring (bicyclic) bond motifs is 1. The molecule has 0 saturated carbocycles. The molecule has 0 fully saturated rings. The van der Waals surface area contributed by atoms with Gasteiger partial charge in [0, 0.05) is 31.9 Å². The summed E-state index contributed by atoms with van der Waals surface area (Å²) in [5.74, 6) is 1.00. The highest BCUT2D eigenvalue weighted by Crippen LogP contribution is 2.20. The molecule has 0 radical (unpaired) electrons. The van der Waals surface area contributed by atoms with Gasteiger partial charge in [0.25, 0.3) is 0 Å². The van der Waals surface area contributed by atoms with Crippen LogP contribution in [0.5, 0.6) is 0 Å². The van der Waals surface area contributed by atoms with Crippen molar-refractivity contribution < 1.29 is 5.11 Å². The lowest BCUT2D eigenvalue weighted by Crippen LogP contribution is -2.35. The quantitative estimate of drug-likeness (QED) is 0.698. The van der Waals surface area contributed by atoms with E-state index in [-0.39, 0.29) is 0 Å². The second kappa shape index (κ2) is 6.75. The topological polar surface area (TPSA) is 67.9 Å². The van der Waals surface area contributed by atoms with Crippen LogP contribution < -0.4 is 5.32 Å². The molecule has 1 aromatic carbocycles. The SMILES string of the molecule is CCCn1c(CNCC(C)(O)c2cnn(C)c2)nc2ccccc21. The largest absolute Gasteiger partial charge is 0.384 e. The lowest BCUT2D eigenvalue weighted by atomic mass is 10.00. The maximum Gasteiger partial charge on any atom is 0.123 e. The van der Waals surface area contributed by atoms with Crippen LogP contribution in [0.4, 0.5) is 0 Å². The monoisotopic (exact) mass is 327 g/mol. The van der Waals surface area contributed by atoms with E-state index < -0.39 is 5.60 Å². The molecule has 2 aromatic heterocycles. The Morgan fingerprint density at radius 1 is 1.29 bits per heavy atom. The third-order valence-corrected chi connectivity index (χ3v) is 4.26. The van der Waals surface area contributed by atoms with Crippen molar-refractivity contribution in [2.75, 3.05) is 6.54 Å². The fourth-order valence-electron chi connectivity index (χ4n) is 2.95. The standard InChI is InChI=1S/C18H25N5O/c1-4-9-23-16-8-6-5-7-15(16)21-17(23)11-19-13-18(2,24)14-10-20-22(3)12-14/h5-8,10,12,19,24H,4,9,11,13H2,1-3H3. The fourth-order valence-corrected chi connectivity index (χ4v) is 2.95. The molecule has 128 valence electrons. The van der Waals surface area contributed by atoms with Gasteiger partial charge in [0.2, 0.25) is 0 Å². The predicted molar refractivity (Wildman–Crippen MR) is 94.5 cm³/mol. The van der Waals surface area contributed by atoms with Crippen molar-refractivity contribution in [3.05, 3.63) is 48.0 Å². The maximum atomic E-state index is 10.6. The summed E-state index contributed by atoms with van der Waals surface area (Å²) in [7, 11) is 1.85. The number of aryl methyl sites for hydroxylation is 2. The second-order valence-electron chi connectivity index (χ2n) is 6.45. The number of rotatable bonds is 7.